The molecule has 0 aliphatic carbocycles. The van der Waals surface area contributed by atoms with E-state index in [4.69, 9.17) is 15.3 Å². The highest BCUT2D eigenvalue weighted by Gasteiger charge is 2.21. The fourth-order valence-corrected chi connectivity index (χ4v) is 2.32. The zero-order valence-corrected chi connectivity index (χ0v) is 14.5. The smallest absolute Gasteiger partial charge is 0.408 e. The molecule has 0 radical (unpaired) electrons. The van der Waals surface area contributed by atoms with Gasteiger partial charge in [-0.2, -0.15) is 10.5 Å². The van der Waals surface area contributed by atoms with Gasteiger partial charge in [-0.15, -0.1) is 0 Å². The summed E-state index contributed by atoms with van der Waals surface area (Å²) in [6.45, 7) is -0.0838. The van der Waals surface area contributed by atoms with Crippen LogP contribution >= 0.6 is 0 Å². The molecule has 7 heteroatoms. The third kappa shape index (κ3) is 6.52. The average molecular weight is 362 g/mol. The van der Waals surface area contributed by atoms with Gasteiger partial charge in [0.05, 0.1) is 17.7 Å². The van der Waals surface area contributed by atoms with Crippen LogP contribution in [0.1, 0.15) is 16.7 Å². The summed E-state index contributed by atoms with van der Waals surface area (Å²) in [5.74, 6) is -0.488. The van der Waals surface area contributed by atoms with Crippen LogP contribution in [-0.2, 0) is 22.6 Å². The van der Waals surface area contributed by atoms with E-state index >= 15 is 0 Å². The Labute approximate surface area is 157 Å². The topological polar surface area (TPSA) is 115 Å². The Bertz CT molecular complexity index is 852. The van der Waals surface area contributed by atoms with Crippen LogP contribution in [0.3, 0.4) is 0 Å². The van der Waals surface area contributed by atoms with Crippen LogP contribution < -0.4 is 10.6 Å². The Morgan fingerprint density at radius 1 is 1.00 bits per heavy atom. The molecular weight excluding hydrogens is 344 g/mol. The minimum absolute atomic E-state index is 0.0794. The van der Waals surface area contributed by atoms with E-state index in [2.05, 4.69) is 10.6 Å². The number of benzene rings is 2. The molecule has 1 atom stereocenters. The number of hydrogen-bond donors (Lipinski definition) is 2. The first kappa shape index (κ1) is 19.5. The highest BCUT2D eigenvalue weighted by Crippen LogP contribution is 2.07. The number of carbonyl (C=O) groups excluding carboxylic acids is 2. The lowest BCUT2D eigenvalue weighted by Crippen LogP contribution is -2.48. The van der Waals surface area contributed by atoms with Gasteiger partial charge >= 0.3 is 6.09 Å². The van der Waals surface area contributed by atoms with E-state index in [1.165, 1.54) is 0 Å². The number of nitrogens with one attached hydrogen (secondary N) is 2. The molecule has 0 heterocycles. The standard InChI is InChI=1S/C20H18N4O3/c21-10-11-23-19(25)18(12-15-6-8-16(13-22)9-7-15)24-20(26)27-14-17-4-2-1-3-5-17/h1-9,18H,11-12,14H2,(H,23,25)(H,24,26)/t18-/m1/s1. The number of nitrogens with zero attached hydrogens (tertiary/aromatic N) is 2. The van der Waals surface area contributed by atoms with Crippen LogP contribution in [0.2, 0.25) is 0 Å². The molecule has 2 aromatic rings. The van der Waals surface area contributed by atoms with Crippen molar-refractivity contribution < 1.29 is 14.3 Å². The van der Waals surface area contributed by atoms with Gasteiger partial charge in [0, 0.05) is 6.42 Å². The number of ether oxygens (including phenoxy) is 1. The number of nitriles is 2. The Morgan fingerprint density at radius 2 is 1.70 bits per heavy atom. The van der Waals surface area contributed by atoms with Crippen molar-refractivity contribution in [3.05, 3.63) is 71.3 Å². The van der Waals surface area contributed by atoms with E-state index in [0.717, 1.165) is 11.1 Å². The number of carbonyl (C=O) groups is 2. The minimum atomic E-state index is -0.908. The Balaban J connectivity index is 2.00. The zero-order valence-electron chi connectivity index (χ0n) is 14.5. The molecule has 0 aliphatic rings. The summed E-state index contributed by atoms with van der Waals surface area (Å²) in [5.41, 5.74) is 2.08. The molecule has 0 aliphatic heterocycles. The monoisotopic (exact) mass is 362 g/mol. The average Bonchev–Trinajstić information content (AvgIpc) is 2.71. The van der Waals surface area contributed by atoms with Crippen molar-refractivity contribution in [1.29, 1.82) is 10.5 Å². The molecule has 0 unspecified atom stereocenters. The second-order valence-corrected chi connectivity index (χ2v) is 5.65. The summed E-state index contributed by atoms with van der Waals surface area (Å²) in [6, 6.07) is 18.8. The van der Waals surface area contributed by atoms with Gasteiger partial charge in [0.2, 0.25) is 5.91 Å². The normalized spacial score (nSPS) is 10.7. The second-order valence-electron chi connectivity index (χ2n) is 5.65. The van der Waals surface area contributed by atoms with Crippen LogP contribution in [0.4, 0.5) is 4.79 Å². The van der Waals surface area contributed by atoms with E-state index in [1.807, 2.05) is 42.5 Å². The Morgan fingerprint density at radius 3 is 2.33 bits per heavy atom. The third-order valence-electron chi connectivity index (χ3n) is 3.69. The molecule has 7 nitrogen and oxygen atoms in total. The van der Waals surface area contributed by atoms with Crippen LogP contribution in [0.5, 0.6) is 0 Å². The number of rotatable bonds is 7. The third-order valence-corrected chi connectivity index (χ3v) is 3.69. The fourth-order valence-electron chi connectivity index (χ4n) is 2.32. The van der Waals surface area contributed by atoms with Crippen LogP contribution in [0, 0.1) is 22.7 Å². The van der Waals surface area contributed by atoms with Gasteiger partial charge in [-0.25, -0.2) is 4.79 Å². The van der Waals surface area contributed by atoms with Gasteiger partial charge in [0.15, 0.2) is 0 Å². The number of alkyl carbamates (subject to hydrolysis) is 1. The van der Waals surface area contributed by atoms with Gasteiger partial charge < -0.3 is 15.4 Å². The van der Waals surface area contributed by atoms with Crippen LogP contribution in [0.25, 0.3) is 0 Å². The molecular formula is C20H18N4O3. The molecule has 0 fully saturated rings. The molecule has 27 heavy (non-hydrogen) atoms. The molecule has 0 spiro atoms. The molecule has 0 saturated carbocycles. The van der Waals surface area contributed by atoms with Crippen LogP contribution in [-0.4, -0.2) is 24.6 Å². The molecule has 0 aromatic heterocycles. The maximum atomic E-state index is 12.3. The van der Waals surface area contributed by atoms with Crippen molar-refractivity contribution in [3.63, 3.8) is 0 Å². The van der Waals surface area contributed by atoms with Crippen molar-refractivity contribution >= 4 is 12.0 Å². The van der Waals surface area contributed by atoms with Crippen LogP contribution in [0.15, 0.2) is 54.6 Å². The van der Waals surface area contributed by atoms with Crippen molar-refractivity contribution in [1.82, 2.24) is 10.6 Å². The molecule has 2 aromatic carbocycles. The first-order valence-corrected chi connectivity index (χ1v) is 8.23. The second kappa shape index (κ2) is 10.2. The van der Waals surface area contributed by atoms with Crippen molar-refractivity contribution in [2.24, 2.45) is 0 Å². The molecule has 136 valence electrons. The molecule has 0 saturated heterocycles. The minimum Gasteiger partial charge on any atom is -0.445 e. The molecule has 2 N–H and O–H groups in total. The van der Waals surface area contributed by atoms with Crippen molar-refractivity contribution in [3.8, 4) is 12.1 Å². The molecule has 2 rings (SSSR count). The summed E-state index contributed by atoms with van der Waals surface area (Å²) >= 11 is 0. The van der Waals surface area contributed by atoms with Gasteiger partial charge in [0.1, 0.15) is 19.2 Å². The first-order chi connectivity index (χ1) is 13.1. The maximum absolute atomic E-state index is 12.3. The van der Waals surface area contributed by atoms with Gasteiger partial charge in [-0.3, -0.25) is 4.79 Å². The summed E-state index contributed by atoms with van der Waals surface area (Å²) < 4.78 is 5.15. The lowest BCUT2D eigenvalue weighted by molar-refractivity contribution is -0.122. The van der Waals surface area contributed by atoms with Crippen molar-refractivity contribution in [2.75, 3.05) is 6.54 Å². The quantitative estimate of drug-likeness (QED) is 0.731. The predicted molar refractivity (Wildman–Crippen MR) is 97.0 cm³/mol. The molecule has 0 bridgehead atoms. The summed E-state index contributed by atoms with van der Waals surface area (Å²) in [4.78, 5) is 24.3. The Kier molecular flexibility index (Phi) is 7.37. The van der Waals surface area contributed by atoms with E-state index < -0.39 is 18.0 Å². The van der Waals surface area contributed by atoms with E-state index in [9.17, 15) is 9.59 Å². The lowest BCUT2D eigenvalue weighted by atomic mass is 10.0. The summed E-state index contributed by atoms with van der Waals surface area (Å²) in [5, 5.41) is 22.4. The lowest BCUT2D eigenvalue weighted by Gasteiger charge is -2.18. The SMILES string of the molecule is N#CCNC(=O)[C@@H](Cc1ccc(C#N)cc1)NC(=O)OCc1ccccc1. The first-order valence-electron chi connectivity index (χ1n) is 8.23. The fraction of sp³-hybridized carbons (Fsp3) is 0.200. The summed E-state index contributed by atoms with van der Waals surface area (Å²) in [7, 11) is 0. The van der Waals surface area contributed by atoms with E-state index in [0.29, 0.717) is 5.56 Å². The number of hydrogen-bond acceptors (Lipinski definition) is 5. The summed E-state index contributed by atoms with van der Waals surface area (Å²) in [6.07, 6.45) is -0.534. The highest BCUT2D eigenvalue weighted by atomic mass is 16.5. The van der Waals surface area contributed by atoms with Gasteiger partial charge in [-0.05, 0) is 23.3 Å². The number of amides is 2. The highest BCUT2D eigenvalue weighted by molar-refractivity contribution is 5.86. The van der Waals surface area contributed by atoms with Gasteiger partial charge in [0.25, 0.3) is 0 Å². The maximum Gasteiger partial charge on any atom is 0.408 e. The van der Waals surface area contributed by atoms with E-state index in [1.54, 1.807) is 24.3 Å². The van der Waals surface area contributed by atoms with Crippen molar-refractivity contribution in [2.45, 2.75) is 19.1 Å². The van der Waals surface area contributed by atoms with E-state index in [-0.39, 0.29) is 19.6 Å². The Hall–Kier alpha value is -3.84. The predicted octanol–water partition coefficient (Wildman–Crippen LogP) is 2.04. The molecule has 2 amide bonds. The largest absolute Gasteiger partial charge is 0.445 e. The van der Waals surface area contributed by atoms with Gasteiger partial charge in [-0.1, -0.05) is 42.5 Å². The zero-order chi connectivity index (χ0) is 19.5.